The first-order valence-corrected chi connectivity index (χ1v) is 6.04. The maximum Gasteiger partial charge on any atom is 0.496 e. The van der Waals surface area contributed by atoms with Crippen LogP contribution in [0.2, 0.25) is 0 Å². The van der Waals surface area contributed by atoms with E-state index in [2.05, 4.69) is 11.1 Å². The van der Waals surface area contributed by atoms with E-state index >= 15 is 0 Å². The fraction of sp³-hybridized carbons (Fsp3) is 0.538. The zero-order chi connectivity index (χ0) is 13.4. The first kappa shape index (κ1) is 13.1. The van der Waals surface area contributed by atoms with Gasteiger partial charge in [0, 0.05) is 11.7 Å². The Hall–Kier alpha value is -1.38. The summed E-state index contributed by atoms with van der Waals surface area (Å²) < 4.78 is 11.9. The Morgan fingerprint density at radius 3 is 2.44 bits per heavy atom. The molecule has 2 heterocycles. The van der Waals surface area contributed by atoms with Gasteiger partial charge in [0.25, 0.3) is 0 Å². The molecule has 1 aromatic heterocycles. The van der Waals surface area contributed by atoms with Crippen LogP contribution in [0.5, 0.6) is 0 Å². The molecule has 0 N–H and O–H groups in total. The molecule has 0 saturated carbocycles. The van der Waals surface area contributed by atoms with Crippen molar-refractivity contribution >= 4 is 12.6 Å². The Kier molecular flexibility index (Phi) is 3.18. The van der Waals surface area contributed by atoms with Crippen LogP contribution in [-0.4, -0.2) is 23.3 Å². The summed E-state index contributed by atoms with van der Waals surface area (Å²) in [6, 6.07) is 5.85. The third-order valence-corrected chi connectivity index (χ3v) is 3.68. The standard InChI is InChI=1S/C13H17BN2O2/c1-12(2)13(3,4)18-14(17-12)10-6-5-9-16-11(10)7-8-15/h5-6,9H,7H2,1-4H3. The summed E-state index contributed by atoms with van der Waals surface area (Å²) in [6.07, 6.45) is 1.95. The molecule has 1 fully saturated rings. The summed E-state index contributed by atoms with van der Waals surface area (Å²) in [7, 11) is -0.452. The minimum absolute atomic E-state index is 0.264. The highest BCUT2D eigenvalue weighted by Crippen LogP contribution is 2.36. The SMILES string of the molecule is CC1(C)OB(c2cccnc2CC#N)OC1(C)C. The number of hydrogen-bond donors (Lipinski definition) is 0. The molecule has 0 bridgehead atoms. The lowest BCUT2D eigenvalue weighted by Crippen LogP contribution is -2.41. The Labute approximate surface area is 108 Å². The zero-order valence-electron chi connectivity index (χ0n) is 11.2. The van der Waals surface area contributed by atoms with Gasteiger partial charge in [-0.1, -0.05) is 6.07 Å². The number of pyridine rings is 1. The van der Waals surface area contributed by atoms with Crippen LogP contribution in [0, 0.1) is 11.3 Å². The number of nitriles is 1. The molecule has 1 aliphatic rings. The highest BCUT2D eigenvalue weighted by molar-refractivity contribution is 6.62. The molecule has 18 heavy (non-hydrogen) atoms. The number of rotatable bonds is 2. The van der Waals surface area contributed by atoms with Gasteiger partial charge in [-0.3, -0.25) is 4.98 Å². The van der Waals surface area contributed by atoms with Gasteiger partial charge in [0.15, 0.2) is 0 Å². The smallest absolute Gasteiger partial charge is 0.399 e. The Balaban J connectivity index is 2.33. The third-order valence-electron chi connectivity index (χ3n) is 3.68. The molecular formula is C13H17BN2O2. The van der Waals surface area contributed by atoms with E-state index in [1.807, 2.05) is 39.8 Å². The van der Waals surface area contributed by atoms with Gasteiger partial charge in [0.2, 0.25) is 0 Å². The topological polar surface area (TPSA) is 55.1 Å². The second-order valence-electron chi connectivity index (χ2n) is 5.46. The number of nitrogens with zero attached hydrogens (tertiary/aromatic N) is 2. The average molecular weight is 244 g/mol. The van der Waals surface area contributed by atoms with Crippen LogP contribution in [0.15, 0.2) is 18.3 Å². The van der Waals surface area contributed by atoms with E-state index in [1.54, 1.807) is 6.20 Å². The summed E-state index contributed by atoms with van der Waals surface area (Å²) in [6.45, 7) is 8.03. The van der Waals surface area contributed by atoms with Crippen molar-refractivity contribution in [3.8, 4) is 6.07 Å². The van der Waals surface area contributed by atoms with Gasteiger partial charge >= 0.3 is 7.12 Å². The maximum absolute atomic E-state index is 8.82. The van der Waals surface area contributed by atoms with E-state index in [-0.39, 0.29) is 17.6 Å². The van der Waals surface area contributed by atoms with Crippen LogP contribution in [-0.2, 0) is 15.7 Å². The Morgan fingerprint density at radius 1 is 1.28 bits per heavy atom. The van der Waals surface area contributed by atoms with Gasteiger partial charge in [-0.25, -0.2) is 0 Å². The van der Waals surface area contributed by atoms with Crippen molar-refractivity contribution in [1.82, 2.24) is 4.98 Å². The fourth-order valence-corrected chi connectivity index (χ4v) is 1.86. The van der Waals surface area contributed by atoms with E-state index in [1.165, 1.54) is 0 Å². The van der Waals surface area contributed by atoms with Gasteiger partial charge in [0.1, 0.15) is 0 Å². The van der Waals surface area contributed by atoms with Crippen LogP contribution >= 0.6 is 0 Å². The van der Waals surface area contributed by atoms with Crippen LogP contribution in [0.25, 0.3) is 0 Å². The first-order chi connectivity index (χ1) is 8.37. The van der Waals surface area contributed by atoms with Gasteiger partial charge in [-0.2, -0.15) is 5.26 Å². The minimum Gasteiger partial charge on any atom is -0.399 e. The molecule has 0 amide bonds. The highest BCUT2D eigenvalue weighted by Gasteiger charge is 2.52. The lowest BCUT2D eigenvalue weighted by atomic mass is 9.77. The Bertz CT molecular complexity index is 478. The summed E-state index contributed by atoms with van der Waals surface area (Å²) in [5, 5.41) is 8.82. The van der Waals surface area contributed by atoms with E-state index in [0.717, 1.165) is 11.2 Å². The van der Waals surface area contributed by atoms with Crippen LogP contribution in [0.3, 0.4) is 0 Å². The average Bonchev–Trinajstić information content (AvgIpc) is 2.49. The quantitative estimate of drug-likeness (QED) is 0.739. The molecule has 94 valence electrons. The molecule has 0 aliphatic carbocycles. The van der Waals surface area contributed by atoms with Crippen molar-refractivity contribution in [3.63, 3.8) is 0 Å². The summed E-state index contributed by atoms with van der Waals surface area (Å²) in [5.74, 6) is 0. The highest BCUT2D eigenvalue weighted by atomic mass is 16.7. The summed E-state index contributed by atoms with van der Waals surface area (Å²) in [4.78, 5) is 4.23. The molecular weight excluding hydrogens is 227 g/mol. The van der Waals surface area contributed by atoms with Crippen molar-refractivity contribution in [2.45, 2.75) is 45.3 Å². The van der Waals surface area contributed by atoms with Crippen molar-refractivity contribution in [3.05, 3.63) is 24.0 Å². The van der Waals surface area contributed by atoms with Gasteiger partial charge in [0.05, 0.1) is 29.4 Å². The Morgan fingerprint density at radius 2 is 1.89 bits per heavy atom. The molecule has 0 radical (unpaired) electrons. The van der Waals surface area contributed by atoms with Crippen LogP contribution < -0.4 is 5.46 Å². The maximum atomic E-state index is 8.82. The number of aromatic nitrogens is 1. The largest absolute Gasteiger partial charge is 0.496 e. The van der Waals surface area contributed by atoms with Crippen LogP contribution in [0.4, 0.5) is 0 Å². The van der Waals surface area contributed by atoms with E-state index in [9.17, 15) is 0 Å². The van der Waals surface area contributed by atoms with Crippen molar-refractivity contribution < 1.29 is 9.31 Å². The summed E-state index contributed by atoms with van der Waals surface area (Å²) >= 11 is 0. The minimum atomic E-state index is -0.452. The van der Waals surface area contributed by atoms with Gasteiger partial charge in [-0.15, -0.1) is 0 Å². The van der Waals surface area contributed by atoms with Gasteiger partial charge < -0.3 is 9.31 Å². The monoisotopic (exact) mass is 244 g/mol. The fourth-order valence-electron chi connectivity index (χ4n) is 1.86. The second-order valence-corrected chi connectivity index (χ2v) is 5.46. The van der Waals surface area contributed by atoms with Crippen molar-refractivity contribution in [2.24, 2.45) is 0 Å². The molecule has 1 aliphatic heterocycles. The van der Waals surface area contributed by atoms with E-state index in [0.29, 0.717) is 0 Å². The summed E-state index contributed by atoms with van der Waals surface area (Å²) in [5.41, 5.74) is 0.811. The van der Waals surface area contributed by atoms with Gasteiger partial charge in [-0.05, 0) is 33.8 Å². The second kappa shape index (κ2) is 4.38. The van der Waals surface area contributed by atoms with E-state index in [4.69, 9.17) is 14.6 Å². The predicted octanol–water partition coefficient (Wildman–Crippen LogP) is 1.45. The van der Waals surface area contributed by atoms with Crippen molar-refractivity contribution in [1.29, 1.82) is 5.26 Å². The molecule has 0 atom stereocenters. The van der Waals surface area contributed by atoms with E-state index < -0.39 is 7.12 Å². The normalized spacial score (nSPS) is 20.7. The third kappa shape index (κ3) is 2.14. The zero-order valence-corrected chi connectivity index (χ0v) is 11.2. The predicted molar refractivity (Wildman–Crippen MR) is 69.3 cm³/mol. The molecule has 1 aromatic rings. The van der Waals surface area contributed by atoms with Crippen LogP contribution in [0.1, 0.15) is 33.4 Å². The lowest BCUT2D eigenvalue weighted by Gasteiger charge is -2.32. The lowest BCUT2D eigenvalue weighted by molar-refractivity contribution is 0.00578. The van der Waals surface area contributed by atoms with Crippen molar-refractivity contribution in [2.75, 3.05) is 0 Å². The molecule has 1 saturated heterocycles. The molecule has 4 nitrogen and oxygen atoms in total. The first-order valence-electron chi connectivity index (χ1n) is 6.04. The molecule has 0 spiro atoms. The molecule has 2 rings (SSSR count). The molecule has 0 unspecified atom stereocenters. The number of hydrogen-bond acceptors (Lipinski definition) is 4. The molecule has 5 heteroatoms. The molecule has 0 aromatic carbocycles.